The molecule has 5 nitrogen and oxygen atoms in total. The van der Waals surface area contributed by atoms with E-state index in [0.29, 0.717) is 11.1 Å². The van der Waals surface area contributed by atoms with Gasteiger partial charge in [-0.3, -0.25) is 0 Å². The number of ether oxygens (including phenoxy) is 2. The average Bonchev–Trinajstić information content (AvgIpc) is 2.17. The number of carbonyl (C=O) groups excluding carboxylic acids is 2. The van der Waals surface area contributed by atoms with Gasteiger partial charge in [0, 0.05) is 11.1 Å². The van der Waals surface area contributed by atoms with E-state index in [2.05, 4.69) is 22.6 Å². The molecule has 0 aliphatic rings. The number of aliphatic hydroxyl groups excluding tert-OH is 1. The third-order valence-electron chi connectivity index (χ3n) is 1.08. The van der Waals surface area contributed by atoms with E-state index in [0.717, 1.165) is 0 Å². The number of methoxy groups -OCH3 is 1. The van der Waals surface area contributed by atoms with Gasteiger partial charge in [0.25, 0.3) is 0 Å². The Kier molecular flexibility index (Phi) is 9.45. The Morgan fingerprint density at radius 3 is 1.60 bits per heavy atom. The predicted octanol–water partition coefficient (Wildman–Crippen LogP) is 0.791. The Balaban J connectivity index is 0. The molecule has 0 heterocycles. The highest BCUT2D eigenvalue weighted by atomic mass is 16.6. The maximum absolute atomic E-state index is 10.3. The first-order chi connectivity index (χ1) is 6.86. The molecule has 0 radical (unpaired) electrons. The molecule has 0 aromatic rings. The number of hydrogen-bond donors (Lipinski definition) is 1. The lowest BCUT2D eigenvalue weighted by atomic mass is 10.4. The van der Waals surface area contributed by atoms with E-state index in [1.165, 1.54) is 14.0 Å². The summed E-state index contributed by atoms with van der Waals surface area (Å²) >= 11 is 0. The van der Waals surface area contributed by atoms with Gasteiger partial charge in [0.1, 0.15) is 0 Å². The first-order valence-corrected chi connectivity index (χ1v) is 4.04. The fourth-order valence-corrected chi connectivity index (χ4v) is 0.356. The van der Waals surface area contributed by atoms with Gasteiger partial charge in [0.15, 0.2) is 6.79 Å². The number of aliphatic hydroxyl groups is 1. The van der Waals surface area contributed by atoms with Crippen molar-refractivity contribution in [2.24, 2.45) is 0 Å². The SMILES string of the molecule is C=C(C)C(=O)OC.C=C(C)C(=O)OCO. The normalized spacial score (nSPS) is 8.00. The van der Waals surface area contributed by atoms with Crippen LogP contribution in [0.2, 0.25) is 0 Å². The molecule has 0 bridgehead atoms. The van der Waals surface area contributed by atoms with E-state index in [9.17, 15) is 9.59 Å². The van der Waals surface area contributed by atoms with Crippen molar-refractivity contribution in [2.45, 2.75) is 13.8 Å². The second kappa shape index (κ2) is 8.96. The monoisotopic (exact) mass is 216 g/mol. The van der Waals surface area contributed by atoms with Crippen LogP contribution in [0.1, 0.15) is 13.8 Å². The van der Waals surface area contributed by atoms with Crippen molar-refractivity contribution in [3.8, 4) is 0 Å². The summed E-state index contributed by atoms with van der Waals surface area (Å²) in [6.07, 6.45) is 0. The largest absolute Gasteiger partial charge is 0.466 e. The van der Waals surface area contributed by atoms with E-state index in [4.69, 9.17) is 5.11 Å². The molecule has 0 amide bonds. The van der Waals surface area contributed by atoms with E-state index >= 15 is 0 Å². The highest BCUT2D eigenvalue weighted by molar-refractivity contribution is 5.87. The zero-order chi connectivity index (χ0) is 12.4. The Morgan fingerprint density at radius 2 is 1.53 bits per heavy atom. The topological polar surface area (TPSA) is 72.8 Å². The molecule has 86 valence electrons. The number of hydrogen-bond acceptors (Lipinski definition) is 5. The van der Waals surface area contributed by atoms with Crippen LogP contribution < -0.4 is 0 Å². The van der Waals surface area contributed by atoms with Crippen LogP contribution in [-0.4, -0.2) is 30.9 Å². The summed E-state index contributed by atoms with van der Waals surface area (Å²) in [7, 11) is 1.33. The van der Waals surface area contributed by atoms with Gasteiger partial charge in [-0.05, 0) is 13.8 Å². The lowest BCUT2D eigenvalue weighted by Gasteiger charge is -1.95. The summed E-state index contributed by atoms with van der Waals surface area (Å²) in [5.41, 5.74) is 0.724. The molecule has 0 spiro atoms. The molecule has 0 saturated carbocycles. The summed E-state index contributed by atoms with van der Waals surface area (Å²) in [5.74, 6) is -0.910. The highest BCUT2D eigenvalue weighted by Crippen LogP contribution is 1.89. The quantitative estimate of drug-likeness (QED) is 0.429. The van der Waals surface area contributed by atoms with Crippen LogP contribution in [0.4, 0.5) is 0 Å². The molecular formula is C10H16O5. The van der Waals surface area contributed by atoms with Gasteiger partial charge in [-0.15, -0.1) is 0 Å². The number of carbonyl (C=O) groups is 2. The zero-order valence-corrected chi connectivity index (χ0v) is 9.20. The van der Waals surface area contributed by atoms with Crippen LogP contribution >= 0.6 is 0 Å². The van der Waals surface area contributed by atoms with Gasteiger partial charge in [0.05, 0.1) is 7.11 Å². The minimum atomic E-state index is -0.578. The number of esters is 2. The fraction of sp³-hybridized carbons (Fsp3) is 0.400. The van der Waals surface area contributed by atoms with Crippen LogP contribution in [0.25, 0.3) is 0 Å². The third kappa shape index (κ3) is 10.3. The van der Waals surface area contributed by atoms with Crippen molar-refractivity contribution in [3.63, 3.8) is 0 Å². The molecule has 0 atom stereocenters. The summed E-state index contributed by atoms with van der Waals surface area (Å²) < 4.78 is 8.39. The molecule has 0 aromatic heterocycles. The van der Waals surface area contributed by atoms with E-state index in [1.54, 1.807) is 6.92 Å². The Hall–Kier alpha value is -1.62. The van der Waals surface area contributed by atoms with Crippen LogP contribution in [0.15, 0.2) is 24.3 Å². The standard InChI is InChI=1S/C5H8O3.C5H8O2/c1-4(2)5(7)8-3-6;1-4(2)5(6)7-3/h6H,1,3H2,2H3;1H2,2-3H3. The van der Waals surface area contributed by atoms with Crippen LogP contribution in [-0.2, 0) is 19.1 Å². The van der Waals surface area contributed by atoms with E-state index in [-0.39, 0.29) is 5.97 Å². The Morgan fingerprint density at radius 1 is 1.13 bits per heavy atom. The van der Waals surface area contributed by atoms with Crippen LogP contribution in [0.3, 0.4) is 0 Å². The van der Waals surface area contributed by atoms with Crippen molar-refractivity contribution >= 4 is 11.9 Å². The van der Waals surface area contributed by atoms with Gasteiger partial charge in [-0.1, -0.05) is 13.2 Å². The molecule has 0 fully saturated rings. The second-order valence-electron chi connectivity index (χ2n) is 2.61. The van der Waals surface area contributed by atoms with E-state index < -0.39 is 12.8 Å². The molecule has 0 aromatic carbocycles. The number of rotatable bonds is 3. The first-order valence-electron chi connectivity index (χ1n) is 4.04. The predicted molar refractivity (Wildman–Crippen MR) is 54.8 cm³/mol. The van der Waals surface area contributed by atoms with Crippen molar-refractivity contribution in [2.75, 3.05) is 13.9 Å². The van der Waals surface area contributed by atoms with Crippen molar-refractivity contribution in [1.29, 1.82) is 0 Å². The molecular weight excluding hydrogens is 200 g/mol. The summed E-state index contributed by atoms with van der Waals surface area (Å²) in [4.78, 5) is 20.5. The van der Waals surface area contributed by atoms with Crippen molar-refractivity contribution in [3.05, 3.63) is 24.3 Å². The molecule has 0 aliphatic carbocycles. The van der Waals surface area contributed by atoms with Gasteiger partial charge in [-0.2, -0.15) is 0 Å². The summed E-state index contributed by atoms with van der Waals surface area (Å²) in [5, 5.41) is 8.00. The molecule has 5 heteroatoms. The second-order valence-corrected chi connectivity index (χ2v) is 2.61. The highest BCUT2D eigenvalue weighted by Gasteiger charge is 1.98. The minimum Gasteiger partial charge on any atom is -0.466 e. The van der Waals surface area contributed by atoms with Crippen molar-refractivity contribution in [1.82, 2.24) is 0 Å². The molecule has 1 N–H and O–H groups in total. The van der Waals surface area contributed by atoms with Gasteiger partial charge in [-0.25, -0.2) is 9.59 Å². The zero-order valence-electron chi connectivity index (χ0n) is 9.20. The molecule has 0 rings (SSSR count). The van der Waals surface area contributed by atoms with E-state index in [1.807, 2.05) is 0 Å². The molecule has 0 saturated heterocycles. The van der Waals surface area contributed by atoms with Crippen LogP contribution in [0, 0.1) is 0 Å². The smallest absolute Gasteiger partial charge is 0.335 e. The fourth-order valence-electron chi connectivity index (χ4n) is 0.356. The van der Waals surface area contributed by atoms with Gasteiger partial charge in [0.2, 0.25) is 0 Å². The maximum atomic E-state index is 10.3. The molecule has 15 heavy (non-hydrogen) atoms. The molecule has 0 unspecified atom stereocenters. The maximum Gasteiger partial charge on any atom is 0.335 e. The van der Waals surface area contributed by atoms with Gasteiger partial charge >= 0.3 is 11.9 Å². The van der Waals surface area contributed by atoms with Gasteiger partial charge < -0.3 is 14.6 Å². The Labute approximate surface area is 89.0 Å². The average molecular weight is 216 g/mol. The first kappa shape index (κ1) is 15.8. The third-order valence-corrected chi connectivity index (χ3v) is 1.08. The molecule has 0 aliphatic heterocycles. The summed E-state index contributed by atoms with van der Waals surface area (Å²) in [6.45, 7) is 9.18. The van der Waals surface area contributed by atoms with Crippen LogP contribution in [0.5, 0.6) is 0 Å². The minimum absolute atomic E-state index is 0.291. The lowest BCUT2D eigenvalue weighted by molar-refractivity contribution is -0.146. The Bertz CT molecular complexity index is 255. The lowest BCUT2D eigenvalue weighted by Crippen LogP contribution is -2.04. The summed E-state index contributed by atoms with van der Waals surface area (Å²) in [6, 6.07) is 0. The van der Waals surface area contributed by atoms with Crippen molar-refractivity contribution < 1.29 is 24.2 Å².